The van der Waals surface area contributed by atoms with Crippen molar-refractivity contribution in [2.45, 2.75) is 31.8 Å². The first-order chi connectivity index (χ1) is 9.38. The summed E-state index contributed by atoms with van der Waals surface area (Å²) in [5.74, 6) is -3.08. The number of piperidine rings is 1. The Balaban J connectivity index is 2.16. The zero-order valence-electron chi connectivity index (χ0n) is 11.5. The van der Waals surface area contributed by atoms with Gasteiger partial charge in [0, 0.05) is 18.6 Å². The lowest BCUT2D eigenvalue weighted by Gasteiger charge is -2.35. The average Bonchev–Trinajstić information content (AvgIpc) is 2.37. The number of halogens is 2. The van der Waals surface area contributed by atoms with Crippen molar-refractivity contribution in [1.29, 1.82) is 0 Å². The van der Waals surface area contributed by atoms with Crippen LogP contribution in [-0.2, 0) is 0 Å². The number of carboxylic acid groups (broad SMARTS) is 1. The molecule has 6 heteroatoms. The van der Waals surface area contributed by atoms with E-state index in [-0.39, 0.29) is 17.3 Å². The summed E-state index contributed by atoms with van der Waals surface area (Å²) in [6, 6.07) is 2.00. The molecule has 2 atom stereocenters. The summed E-state index contributed by atoms with van der Waals surface area (Å²) in [5.41, 5.74) is -0.626. The van der Waals surface area contributed by atoms with Crippen LogP contribution in [0.1, 0.15) is 30.1 Å². The molecule has 1 heterocycles. The van der Waals surface area contributed by atoms with Crippen molar-refractivity contribution in [3.05, 3.63) is 29.3 Å². The van der Waals surface area contributed by atoms with Gasteiger partial charge in [-0.2, -0.15) is 0 Å². The van der Waals surface area contributed by atoms with Gasteiger partial charge in [0.2, 0.25) is 0 Å². The first-order valence-electron chi connectivity index (χ1n) is 6.57. The van der Waals surface area contributed by atoms with Crippen molar-refractivity contribution in [3.8, 4) is 0 Å². The molecule has 1 fully saturated rings. The minimum Gasteiger partial charge on any atom is -0.478 e. The lowest BCUT2D eigenvalue weighted by atomic mass is 9.98. The molecule has 1 saturated heterocycles. The number of carboxylic acids is 1. The van der Waals surface area contributed by atoms with E-state index in [0.717, 1.165) is 31.5 Å². The van der Waals surface area contributed by atoms with Crippen molar-refractivity contribution in [2.75, 3.05) is 18.9 Å². The molecular formula is C14H18F2N2O2. The SMILES string of the molecule is CC1CC(Nc2c(F)cc(C(=O)O)cc2F)CCN1C. The third-order valence-corrected chi connectivity index (χ3v) is 3.85. The lowest BCUT2D eigenvalue weighted by Crippen LogP contribution is -2.42. The minimum absolute atomic E-state index is 0.0131. The third kappa shape index (κ3) is 3.07. The molecule has 2 rings (SSSR count). The highest BCUT2D eigenvalue weighted by Crippen LogP contribution is 2.25. The molecule has 1 aliphatic heterocycles. The van der Waals surface area contributed by atoms with Gasteiger partial charge in [-0.15, -0.1) is 0 Å². The molecule has 110 valence electrons. The van der Waals surface area contributed by atoms with E-state index in [4.69, 9.17) is 5.11 Å². The quantitative estimate of drug-likeness (QED) is 0.895. The predicted octanol–water partition coefficient (Wildman–Crippen LogP) is 2.56. The second-order valence-corrected chi connectivity index (χ2v) is 5.32. The van der Waals surface area contributed by atoms with Crippen LogP contribution in [-0.4, -0.2) is 41.7 Å². The molecule has 0 amide bonds. The van der Waals surface area contributed by atoms with Crippen LogP contribution < -0.4 is 5.32 Å². The normalized spacial score (nSPS) is 23.6. The molecule has 2 N–H and O–H groups in total. The highest BCUT2D eigenvalue weighted by Gasteiger charge is 2.24. The number of benzene rings is 1. The van der Waals surface area contributed by atoms with Crippen LogP contribution in [0.4, 0.5) is 14.5 Å². The number of nitrogens with one attached hydrogen (secondary N) is 1. The van der Waals surface area contributed by atoms with Gasteiger partial charge in [-0.1, -0.05) is 0 Å². The number of nitrogens with zero attached hydrogens (tertiary/aromatic N) is 1. The van der Waals surface area contributed by atoms with Gasteiger partial charge < -0.3 is 15.3 Å². The number of rotatable bonds is 3. The van der Waals surface area contributed by atoms with E-state index in [0.29, 0.717) is 6.04 Å². The largest absolute Gasteiger partial charge is 0.478 e. The standard InChI is InChI=1S/C14H18F2N2O2/c1-8-5-10(3-4-18(8)2)17-13-11(15)6-9(14(19)20)7-12(13)16/h6-8,10,17H,3-5H2,1-2H3,(H,19,20). The maximum atomic E-state index is 13.8. The Morgan fingerprint density at radius 1 is 1.40 bits per heavy atom. The van der Waals surface area contributed by atoms with Crippen LogP contribution in [0.15, 0.2) is 12.1 Å². The number of carbonyl (C=O) groups is 1. The molecule has 0 saturated carbocycles. The fraction of sp³-hybridized carbons (Fsp3) is 0.500. The molecule has 2 unspecified atom stereocenters. The molecule has 0 radical (unpaired) electrons. The summed E-state index contributed by atoms with van der Waals surface area (Å²) in [6.45, 7) is 2.92. The zero-order valence-corrected chi connectivity index (χ0v) is 11.5. The highest BCUT2D eigenvalue weighted by atomic mass is 19.1. The van der Waals surface area contributed by atoms with Crippen molar-refractivity contribution in [1.82, 2.24) is 4.90 Å². The molecule has 0 aliphatic carbocycles. The molecule has 1 aromatic carbocycles. The monoisotopic (exact) mass is 284 g/mol. The van der Waals surface area contributed by atoms with E-state index >= 15 is 0 Å². The van der Waals surface area contributed by atoms with Crippen LogP contribution in [0.3, 0.4) is 0 Å². The van der Waals surface area contributed by atoms with E-state index in [1.54, 1.807) is 0 Å². The molecule has 1 aromatic rings. The third-order valence-electron chi connectivity index (χ3n) is 3.85. The van der Waals surface area contributed by atoms with E-state index < -0.39 is 17.6 Å². The van der Waals surface area contributed by atoms with E-state index in [1.807, 2.05) is 7.05 Å². The number of hydrogen-bond acceptors (Lipinski definition) is 3. The van der Waals surface area contributed by atoms with Gasteiger partial charge in [0.05, 0.1) is 5.56 Å². The molecule has 20 heavy (non-hydrogen) atoms. The number of anilines is 1. The summed E-state index contributed by atoms with van der Waals surface area (Å²) >= 11 is 0. The van der Waals surface area contributed by atoms with Gasteiger partial charge in [0.1, 0.15) is 17.3 Å². The summed E-state index contributed by atoms with van der Waals surface area (Å²) in [7, 11) is 2.02. The molecule has 0 bridgehead atoms. The Morgan fingerprint density at radius 3 is 2.50 bits per heavy atom. The van der Waals surface area contributed by atoms with Gasteiger partial charge >= 0.3 is 5.97 Å². The number of aromatic carboxylic acids is 1. The Labute approximate surface area is 116 Å². The van der Waals surface area contributed by atoms with Crippen molar-refractivity contribution < 1.29 is 18.7 Å². The van der Waals surface area contributed by atoms with Crippen LogP contribution >= 0.6 is 0 Å². The summed E-state index contributed by atoms with van der Waals surface area (Å²) in [6.07, 6.45) is 1.58. The minimum atomic E-state index is -1.35. The van der Waals surface area contributed by atoms with Crippen molar-refractivity contribution >= 4 is 11.7 Å². The summed E-state index contributed by atoms with van der Waals surface area (Å²) < 4.78 is 27.6. The van der Waals surface area contributed by atoms with E-state index in [2.05, 4.69) is 17.1 Å². The highest BCUT2D eigenvalue weighted by molar-refractivity contribution is 5.88. The predicted molar refractivity (Wildman–Crippen MR) is 72.1 cm³/mol. The van der Waals surface area contributed by atoms with E-state index in [1.165, 1.54) is 0 Å². The van der Waals surface area contributed by atoms with E-state index in [9.17, 15) is 13.6 Å². The van der Waals surface area contributed by atoms with Crippen molar-refractivity contribution in [2.24, 2.45) is 0 Å². The molecule has 0 spiro atoms. The smallest absolute Gasteiger partial charge is 0.335 e. The van der Waals surface area contributed by atoms with Crippen LogP contribution in [0.2, 0.25) is 0 Å². The Bertz CT molecular complexity index is 499. The Hall–Kier alpha value is -1.69. The van der Waals surface area contributed by atoms with Gasteiger partial charge in [-0.05, 0) is 38.9 Å². The molecule has 0 aromatic heterocycles. The first kappa shape index (κ1) is 14.7. The fourth-order valence-electron chi connectivity index (χ4n) is 2.46. The molecular weight excluding hydrogens is 266 g/mol. The number of hydrogen-bond donors (Lipinski definition) is 2. The molecule has 1 aliphatic rings. The van der Waals surface area contributed by atoms with Gasteiger partial charge in [0.15, 0.2) is 0 Å². The van der Waals surface area contributed by atoms with Crippen molar-refractivity contribution in [3.63, 3.8) is 0 Å². The van der Waals surface area contributed by atoms with Gasteiger partial charge in [-0.3, -0.25) is 0 Å². The second-order valence-electron chi connectivity index (χ2n) is 5.32. The van der Waals surface area contributed by atoms with Crippen LogP contribution in [0.5, 0.6) is 0 Å². The first-order valence-corrected chi connectivity index (χ1v) is 6.57. The Morgan fingerprint density at radius 2 is 2.00 bits per heavy atom. The second kappa shape index (κ2) is 5.75. The van der Waals surface area contributed by atoms with Gasteiger partial charge in [0.25, 0.3) is 0 Å². The summed E-state index contributed by atoms with van der Waals surface area (Å²) in [5, 5.41) is 11.6. The Kier molecular flexibility index (Phi) is 4.23. The maximum absolute atomic E-state index is 13.8. The van der Waals surface area contributed by atoms with Crippen LogP contribution in [0, 0.1) is 11.6 Å². The maximum Gasteiger partial charge on any atom is 0.335 e. The fourth-order valence-corrected chi connectivity index (χ4v) is 2.46. The number of likely N-dealkylation sites (tertiary alicyclic amines) is 1. The van der Waals surface area contributed by atoms with Gasteiger partial charge in [-0.25, -0.2) is 13.6 Å². The summed E-state index contributed by atoms with van der Waals surface area (Å²) in [4.78, 5) is 12.9. The van der Waals surface area contributed by atoms with Crippen LogP contribution in [0.25, 0.3) is 0 Å². The topological polar surface area (TPSA) is 52.6 Å². The average molecular weight is 284 g/mol. The lowest BCUT2D eigenvalue weighted by molar-refractivity contribution is 0.0696. The molecule has 4 nitrogen and oxygen atoms in total. The zero-order chi connectivity index (χ0) is 14.9.